The van der Waals surface area contributed by atoms with E-state index >= 15 is 0 Å². The van der Waals surface area contributed by atoms with Gasteiger partial charge in [-0.3, -0.25) is 14.5 Å². The van der Waals surface area contributed by atoms with Gasteiger partial charge in [-0.15, -0.1) is 0 Å². The van der Waals surface area contributed by atoms with Crippen LogP contribution in [0, 0.1) is 20.8 Å². The van der Waals surface area contributed by atoms with Crippen LogP contribution in [0.25, 0.3) is 11.4 Å². The molecule has 26 heavy (non-hydrogen) atoms. The Labute approximate surface area is 152 Å². The van der Waals surface area contributed by atoms with Crippen molar-refractivity contribution in [1.29, 1.82) is 0 Å². The topological polar surface area (TPSA) is 85.6 Å². The molecule has 3 aromatic rings. The van der Waals surface area contributed by atoms with E-state index in [2.05, 4.69) is 25.4 Å². The molecular formula is C19H22N6O. The van der Waals surface area contributed by atoms with E-state index in [1.807, 2.05) is 45.9 Å². The van der Waals surface area contributed by atoms with E-state index in [1.165, 1.54) is 0 Å². The van der Waals surface area contributed by atoms with Gasteiger partial charge in [-0.25, -0.2) is 9.97 Å². The minimum absolute atomic E-state index is 0.0960. The highest BCUT2D eigenvalue weighted by atomic mass is 16.2. The predicted octanol–water partition coefficient (Wildman–Crippen LogP) is 2.54. The zero-order valence-electron chi connectivity index (χ0n) is 15.4. The first-order valence-electron chi connectivity index (χ1n) is 8.48. The van der Waals surface area contributed by atoms with Crippen LogP contribution in [0.2, 0.25) is 0 Å². The second kappa shape index (κ2) is 7.43. The Hall–Kier alpha value is -3.09. The van der Waals surface area contributed by atoms with Crippen molar-refractivity contribution in [2.75, 3.05) is 0 Å². The number of aryl methyl sites for hydroxylation is 3. The van der Waals surface area contributed by atoms with Gasteiger partial charge >= 0.3 is 0 Å². The standard InChI is InChI=1S/C19H22N6O/c1-12-9-13(2)25(24-12)11-18(26)22-14(3)17-10-21-19(23-15(17)4)16-5-7-20-8-6-16/h5-10,14H,11H2,1-4H3,(H,22,26). The summed E-state index contributed by atoms with van der Waals surface area (Å²) >= 11 is 0. The molecular weight excluding hydrogens is 328 g/mol. The summed E-state index contributed by atoms with van der Waals surface area (Å²) in [7, 11) is 0. The molecule has 1 unspecified atom stereocenters. The molecule has 0 saturated heterocycles. The third-order valence-electron chi connectivity index (χ3n) is 4.20. The number of rotatable bonds is 5. The summed E-state index contributed by atoms with van der Waals surface area (Å²) in [6.45, 7) is 7.89. The minimum Gasteiger partial charge on any atom is -0.348 e. The monoisotopic (exact) mass is 350 g/mol. The van der Waals surface area contributed by atoms with Gasteiger partial charge in [0.05, 0.1) is 11.7 Å². The van der Waals surface area contributed by atoms with Crippen LogP contribution < -0.4 is 5.32 Å². The van der Waals surface area contributed by atoms with Gasteiger partial charge in [-0.05, 0) is 45.9 Å². The summed E-state index contributed by atoms with van der Waals surface area (Å²) in [6, 6.07) is 5.50. The lowest BCUT2D eigenvalue weighted by Gasteiger charge is -2.16. The summed E-state index contributed by atoms with van der Waals surface area (Å²) in [5.74, 6) is 0.552. The Balaban J connectivity index is 1.70. The van der Waals surface area contributed by atoms with Gasteiger partial charge in [0, 0.05) is 41.1 Å². The lowest BCUT2D eigenvalue weighted by molar-refractivity contribution is -0.122. The summed E-state index contributed by atoms with van der Waals surface area (Å²) in [4.78, 5) is 25.3. The maximum Gasteiger partial charge on any atom is 0.242 e. The first-order valence-corrected chi connectivity index (χ1v) is 8.48. The van der Waals surface area contributed by atoms with Crippen molar-refractivity contribution in [1.82, 2.24) is 30.0 Å². The van der Waals surface area contributed by atoms with Crippen molar-refractivity contribution in [3.05, 3.63) is 59.4 Å². The van der Waals surface area contributed by atoms with Crippen LogP contribution in [0.5, 0.6) is 0 Å². The molecule has 0 aliphatic heterocycles. The lowest BCUT2D eigenvalue weighted by atomic mass is 10.1. The fourth-order valence-electron chi connectivity index (χ4n) is 2.88. The van der Waals surface area contributed by atoms with Crippen LogP contribution in [0.15, 0.2) is 36.8 Å². The Morgan fingerprint density at radius 3 is 2.58 bits per heavy atom. The van der Waals surface area contributed by atoms with E-state index in [4.69, 9.17) is 0 Å². The van der Waals surface area contributed by atoms with E-state index in [1.54, 1.807) is 23.3 Å². The Morgan fingerprint density at radius 1 is 1.23 bits per heavy atom. The molecule has 1 N–H and O–H groups in total. The number of pyridine rings is 1. The van der Waals surface area contributed by atoms with Gasteiger partial charge in [0.15, 0.2) is 5.82 Å². The van der Waals surface area contributed by atoms with Crippen LogP contribution in [0.4, 0.5) is 0 Å². The van der Waals surface area contributed by atoms with E-state index in [0.29, 0.717) is 5.82 Å². The van der Waals surface area contributed by atoms with E-state index in [-0.39, 0.29) is 18.5 Å². The Bertz CT molecular complexity index is 919. The lowest BCUT2D eigenvalue weighted by Crippen LogP contribution is -2.31. The van der Waals surface area contributed by atoms with E-state index in [9.17, 15) is 4.79 Å². The minimum atomic E-state index is -0.189. The number of hydrogen-bond donors (Lipinski definition) is 1. The normalized spacial score (nSPS) is 12.0. The van der Waals surface area contributed by atoms with Crippen molar-refractivity contribution >= 4 is 5.91 Å². The van der Waals surface area contributed by atoms with E-state index in [0.717, 1.165) is 28.2 Å². The molecule has 0 radical (unpaired) electrons. The van der Waals surface area contributed by atoms with Crippen LogP contribution in [0.3, 0.4) is 0 Å². The van der Waals surface area contributed by atoms with Gasteiger partial charge in [-0.1, -0.05) is 0 Å². The van der Waals surface area contributed by atoms with Crippen LogP contribution in [-0.2, 0) is 11.3 Å². The average molecular weight is 350 g/mol. The van der Waals surface area contributed by atoms with Crippen LogP contribution >= 0.6 is 0 Å². The highest BCUT2D eigenvalue weighted by Crippen LogP contribution is 2.19. The molecule has 0 aliphatic carbocycles. The zero-order valence-corrected chi connectivity index (χ0v) is 15.4. The second-order valence-corrected chi connectivity index (χ2v) is 6.34. The second-order valence-electron chi connectivity index (χ2n) is 6.34. The van der Waals surface area contributed by atoms with Crippen molar-refractivity contribution in [2.24, 2.45) is 0 Å². The summed E-state index contributed by atoms with van der Waals surface area (Å²) < 4.78 is 1.70. The summed E-state index contributed by atoms with van der Waals surface area (Å²) in [5.41, 5.74) is 4.51. The maximum atomic E-state index is 12.3. The number of aromatic nitrogens is 5. The smallest absolute Gasteiger partial charge is 0.242 e. The van der Waals surface area contributed by atoms with Gasteiger partial charge in [0.2, 0.25) is 5.91 Å². The van der Waals surface area contributed by atoms with Crippen molar-refractivity contribution in [3.8, 4) is 11.4 Å². The highest BCUT2D eigenvalue weighted by molar-refractivity contribution is 5.76. The Kier molecular flexibility index (Phi) is 5.06. The van der Waals surface area contributed by atoms with Crippen molar-refractivity contribution in [3.63, 3.8) is 0 Å². The van der Waals surface area contributed by atoms with Crippen LogP contribution in [0.1, 0.15) is 35.6 Å². The number of carbonyl (C=O) groups is 1. The fourth-order valence-corrected chi connectivity index (χ4v) is 2.88. The third kappa shape index (κ3) is 3.93. The predicted molar refractivity (Wildman–Crippen MR) is 98.3 cm³/mol. The molecule has 134 valence electrons. The van der Waals surface area contributed by atoms with Crippen molar-refractivity contribution < 1.29 is 4.79 Å². The molecule has 7 nitrogen and oxygen atoms in total. The Morgan fingerprint density at radius 2 is 1.96 bits per heavy atom. The molecule has 3 aromatic heterocycles. The number of nitrogens with zero attached hydrogens (tertiary/aromatic N) is 5. The molecule has 0 aromatic carbocycles. The molecule has 0 aliphatic rings. The first kappa shape index (κ1) is 17.7. The average Bonchev–Trinajstić information content (AvgIpc) is 2.92. The molecule has 0 spiro atoms. The zero-order chi connectivity index (χ0) is 18.7. The largest absolute Gasteiger partial charge is 0.348 e. The molecule has 3 heterocycles. The van der Waals surface area contributed by atoms with Gasteiger partial charge in [-0.2, -0.15) is 5.10 Å². The fraction of sp³-hybridized carbons (Fsp3) is 0.316. The summed E-state index contributed by atoms with van der Waals surface area (Å²) in [6.07, 6.45) is 5.19. The van der Waals surface area contributed by atoms with Gasteiger partial charge in [0.1, 0.15) is 6.54 Å². The molecule has 3 rings (SSSR count). The number of nitrogens with one attached hydrogen (secondary N) is 1. The number of carbonyl (C=O) groups excluding carboxylic acids is 1. The summed E-state index contributed by atoms with van der Waals surface area (Å²) in [5, 5.41) is 7.31. The maximum absolute atomic E-state index is 12.3. The molecule has 1 atom stereocenters. The van der Waals surface area contributed by atoms with Crippen LogP contribution in [-0.4, -0.2) is 30.6 Å². The van der Waals surface area contributed by atoms with Gasteiger partial charge < -0.3 is 5.32 Å². The molecule has 7 heteroatoms. The first-order chi connectivity index (χ1) is 12.4. The molecule has 0 saturated carbocycles. The quantitative estimate of drug-likeness (QED) is 0.764. The van der Waals surface area contributed by atoms with E-state index < -0.39 is 0 Å². The SMILES string of the molecule is Cc1cc(C)n(CC(=O)NC(C)c2cnc(-c3ccncc3)nc2C)n1. The highest BCUT2D eigenvalue weighted by Gasteiger charge is 2.15. The number of amides is 1. The molecule has 0 fully saturated rings. The molecule has 1 amide bonds. The molecule has 0 bridgehead atoms. The third-order valence-corrected chi connectivity index (χ3v) is 4.20. The van der Waals surface area contributed by atoms with Gasteiger partial charge in [0.25, 0.3) is 0 Å². The number of hydrogen-bond acceptors (Lipinski definition) is 5. The van der Waals surface area contributed by atoms with Crippen molar-refractivity contribution in [2.45, 2.75) is 40.3 Å².